The summed E-state index contributed by atoms with van der Waals surface area (Å²) in [5, 5.41) is 5.74. The predicted octanol–water partition coefficient (Wildman–Crippen LogP) is 1.55. The average Bonchev–Trinajstić information content (AvgIpc) is 3.00. The number of urea groups is 1. The number of imide groups is 1. The fraction of sp³-hybridized carbons (Fsp3) is 0.625. The standard InChI is InChI=1S/C24H35N5O3/c1-18-6-8-24(9-7-18)22(31)29(23(32)26-24)17-21(30)25-15-19-4-3-5-20(14-19)16-28-12-10-27(2)11-13-28/h3-5,14,18H,6-13,15-17H2,1-2H3,(H,25,30)(H,26,32). The second kappa shape index (κ2) is 9.58. The lowest BCUT2D eigenvalue weighted by Crippen LogP contribution is -2.49. The van der Waals surface area contributed by atoms with Crippen LogP contribution >= 0.6 is 0 Å². The van der Waals surface area contributed by atoms with Crippen molar-refractivity contribution in [3.05, 3.63) is 35.4 Å². The van der Waals surface area contributed by atoms with Crippen molar-refractivity contribution >= 4 is 17.8 Å². The highest BCUT2D eigenvalue weighted by atomic mass is 16.2. The van der Waals surface area contributed by atoms with Crippen LogP contribution in [0.25, 0.3) is 0 Å². The van der Waals surface area contributed by atoms with E-state index in [0.717, 1.165) is 56.0 Å². The first-order chi connectivity index (χ1) is 15.3. The molecule has 3 aliphatic rings. The van der Waals surface area contributed by atoms with E-state index in [0.29, 0.717) is 25.3 Å². The third kappa shape index (κ3) is 5.13. The number of nitrogens with one attached hydrogen (secondary N) is 2. The molecule has 2 saturated heterocycles. The van der Waals surface area contributed by atoms with Gasteiger partial charge in [0.1, 0.15) is 12.1 Å². The molecule has 8 heteroatoms. The number of rotatable bonds is 6. The highest BCUT2D eigenvalue weighted by molar-refractivity contribution is 6.09. The summed E-state index contributed by atoms with van der Waals surface area (Å²) in [6.45, 7) is 7.49. The smallest absolute Gasteiger partial charge is 0.325 e. The summed E-state index contributed by atoms with van der Waals surface area (Å²) in [7, 11) is 2.15. The molecule has 174 valence electrons. The Labute approximate surface area is 190 Å². The molecule has 1 aromatic carbocycles. The molecular weight excluding hydrogens is 406 g/mol. The summed E-state index contributed by atoms with van der Waals surface area (Å²) >= 11 is 0. The first-order valence-electron chi connectivity index (χ1n) is 11.7. The van der Waals surface area contributed by atoms with Gasteiger partial charge in [-0.3, -0.25) is 19.4 Å². The summed E-state index contributed by atoms with van der Waals surface area (Å²) < 4.78 is 0. The Balaban J connectivity index is 1.28. The van der Waals surface area contributed by atoms with Crippen LogP contribution in [0.5, 0.6) is 0 Å². The Morgan fingerprint density at radius 1 is 1.12 bits per heavy atom. The summed E-state index contributed by atoms with van der Waals surface area (Å²) in [4.78, 5) is 43.7. The van der Waals surface area contributed by atoms with Gasteiger partial charge in [-0.05, 0) is 49.8 Å². The van der Waals surface area contributed by atoms with Gasteiger partial charge in [0.05, 0.1) is 0 Å². The maximum atomic E-state index is 12.9. The van der Waals surface area contributed by atoms with Crippen molar-refractivity contribution in [3.8, 4) is 0 Å². The molecule has 1 spiro atoms. The van der Waals surface area contributed by atoms with E-state index in [4.69, 9.17) is 0 Å². The third-order valence-electron chi connectivity index (χ3n) is 7.16. The van der Waals surface area contributed by atoms with Crippen LogP contribution in [0.2, 0.25) is 0 Å². The van der Waals surface area contributed by atoms with Crippen molar-refractivity contribution in [1.82, 2.24) is 25.3 Å². The van der Waals surface area contributed by atoms with Gasteiger partial charge in [0.15, 0.2) is 0 Å². The number of hydrogen-bond donors (Lipinski definition) is 2. The zero-order valence-electron chi connectivity index (χ0n) is 19.2. The molecule has 4 amide bonds. The van der Waals surface area contributed by atoms with E-state index >= 15 is 0 Å². The van der Waals surface area contributed by atoms with Gasteiger partial charge in [-0.15, -0.1) is 0 Å². The van der Waals surface area contributed by atoms with Crippen LogP contribution in [0.15, 0.2) is 24.3 Å². The van der Waals surface area contributed by atoms with Crippen molar-refractivity contribution in [1.29, 1.82) is 0 Å². The molecule has 1 aliphatic carbocycles. The molecule has 0 radical (unpaired) electrons. The van der Waals surface area contributed by atoms with Gasteiger partial charge >= 0.3 is 6.03 Å². The Kier molecular flexibility index (Phi) is 6.81. The number of hydrogen-bond acceptors (Lipinski definition) is 5. The summed E-state index contributed by atoms with van der Waals surface area (Å²) in [5.41, 5.74) is 1.44. The lowest BCUT2D eigenvalue weighted by molar-refractivity contribution is -0.136. The van der Waals surface area contributed by atoms with Gasteiger partial charge in [-0.2, -0.15) is 0 Å². The molecule has 2 aliphatic heterocycles. The number of benzene rings is 1. The first kappa shape index (κ1) is 22.7. The minimum absolute atomic E-state index is 0.233. The largest absolute Gasteiger partial charge is 0.350 e. The number of likely N-dealkylation sites (N-methyl/N-ethyl adjacent to an activating group) is 1. The van der Waals surface area contributed by atoms with Crippen molar-refractivity contribution < 1.29 is 14.4 Å². The van der Waals surface area contributed by atoms with E-state index in [1.807, 2.05) is 12.1 Å². The van der Waals surface area contributed by atoms with Gasteiger partial charge in [0.25, 0.3) is 5.91 Å². The quantitative estimate of drug-likeness (QED) is 0.655. The van der Waals surface area contributed by atoms with Crippen LogP contribution in [0, 0.1) is 5.92 Å². The summed E-state index contributed by atoms with van der Waals surface area (Å²) in [6.07, 6.45) is 3.13. The van der Waals surface area contributed by atoms with E-state index in [1.54, 1.807) is 0 Å². The van der Waals surface area contributed by atoms with Crippen molar-refractivity contribution in [2.45, 2.75) is 51.2 Å². The lowest BCUT2D eigenvalue weighted by Gasteiger charge is -2.33. The van der Waals surface area contributed by atoms with Gasteiger partial charge in [0.2, 0.25) is 5.91 Å². The van der Waals surface area contributed by atoms with Crippen LogP contribution in [-0.4, -0.2) is 77.9 Å². The van der Waals surface area contributed by atoms with Crippen molar-refractivity contribution in [3.63, 3.8) is 0 Å². The Morgan fingerprint density at radius 3 is 2.53 bits per heavy atom. The van der Waals surface area contributed by atoms with Crippen LogP contribution in [0.4, 0.5) is 4.79 Å². The Morgan fingerprint density at radius 2 is 1.81 bits per heavy atom. The number of amides is 4. The summed E-state index contributed by atoms with van der Waals surface area (Å²) in [5.74, 6) is -0.00684. The molecule has 2 heterocycles. The Hall–Kier alpha value is -2.45. The fourth-order valence-electron chi connectivity index (χ4n) is 4.92. The zero-order chi connectivity index (χ0) is 22.7. The van der Waals surface area contributed by atoms with Crippen molar-refractivity contribution in [2.75, 3.05) is 39.8 Å². The molecular formula is C24H35N5O3. The maximum absolute atomic E-state index is 12.9. The molecule has 32 heavy (non-hydrogen) atoms. The minimum Gasteiger partial charge on any atom is -0.350 e. The molecule has 0 unspecified atom stereocenters. The number of carbonyl (C=O) groups is 3. The van der Waals surface area contributed by atoms with Gasteiger partial charge in [-0.1, -0.05) is 31.2 Å². The van der Waals surface area contributed by atoms with Crippen LogP contribution in [0.1, 0.15) is 43.7 Å². The second-order valence-electron chi connectivity index (χ2n) is 9.76. The van der Waals surface area contributed by atoms with E-state index < -0.39 is 11.6 Å². The molecule has 4 rings (SSSR count). The van der Waals surface area contributed by atoms with Crippen LogP contribution < -0.4 is 10.6 Å². The maximum Gasteiger partial charge on any atom is 0.325 e. The van der Waals surface area contributed by atoms with E-state index in [1.165, 1.54) is 5.56 Å². The summed E-state index contributed by atoms with van der Waals surface area (Å²) in [6, 6.07) is 7.78. The molecule has 1 aromatic rings. The van der Waals surface area contributed by atoms with E-state index in [2.05, 4.69) is 46.5 Å². The number of piperazine rings is 1. The number of carbonyl (C=O) groups excluding carboxylic acids is 3. The van der Waals surface area contributed by atoms with Crippen LogP contribution in [0.3, 0.4) is 0 Å². The molecule has 3 fully saturated rings. The molecule has 1 saturated carbocycles. The highest BCUT2D eigenvalue weighted by Gasteiger charge is 2.52. The molecule has 0 aromatic heterocycles. The monoisotopic (exact) mass is 441 g/mol. The lowest BCUT2D eigenvalue weighted by atomic mass is 9.77. The highest BCUT2D eigenvalue weighted by Crippen LogP contribution is 2.36. The zero-order valence-corrected chi connectivity index (χ0v) is 19.2. The minimum atomic E-state index is -0.804. The van der Waals surface area contributed by atoms with Gasteiger partial charge in [0, 0.05) is 39.3 Å². The van der Waals surface area contributed by atoms with Gasteiger partial charge < -0.3 is 15.5 Å². The van der Waals surface area contributed by atoms with Gasteiger partial charge in [-0.25, -0.2) is 4.79 Å². The second-order valence-corrected chi connectivity index (χ2v) is 9.76. The van der Waals surface area contributed by atoms with E-state index in [9.17, 15) is 14.4 Å². The molecule has 0 bridgehead atoms. The van der Waals surface area contributed by atoms with Crippen LogP contribution in [-0.2, 0) is 22.7 Å². The van der Waals surface area contributed by atoms with Crippen molar-refractivity contribution in [2.24, 2.45) is 5.92 Å². The first-order valence-corrected chi connectivity index (χ1v) is 11.7. The normalized spacial score (nSPS) is 27.1. The SMILES string of the molecule is CC1CCC2(CC1)NC(=O)N(CC(=O)NCc1cccc(CN3CCN(C)CC3)c1)C2=O. The average molecular weight is 442 g/mol. The predicted molar refractivity (Wildman–Crippen MR) is 122 cm³/mol. The topological polar surface area (TPSA) is 85.0 Å². The molecule has 8 nitrogen and oxygen atoms in total. The fourth-order valence-corrected chi connectivity index (χ4v) is 4.92. The number of nitrogens with zero attached hydrogens (tertiary/aromatic N) is 3. The third-order valence-corrected chi connectivity index (χ3v) is 7.16. The Bertz CT molecular complexity index is 857. The molecule has 0 atom stereocenters. The molecule has 2 N–H and O–H groups in total. The van der Waals surface area contributed by atoms with E-state index in [-0.39, 0.29) is 18.4 Å².